The first-order valence-corrected chi connectivity index (χ1v) is 3.69. The second kappa shape index (κ2) is 1.89. The Morgan fingerprint density at radius 3 is 2.14 bits per heavy atom. The van der Waals surface area contributed by atoms with Crippen molar-refractivity contribution < 1.29 is 9.46 Å². The highest BCUT2D eigenvalue weighted by molar-refractivity contribution is 7.37. The molecule has 40 valence electrons. The van der Waals surface area contributed by atoms with Crippen LogP contribution >= 0.6 is 8.03 Å². The molecule has 1 rings (SSSR count). The van der Waals surface area contributed by atoms with E-state index < -0.39 is 8.03 Å². The summed E-state index contributed by atoms with van der Waals surface area (Å²) in [6.45, 7) is 0. The lowest BCUT2D eigenvalue weighted by atomic mass is 10.00. The summed E-state index contributed by atoms with van der Waals surface area (Å²) in [5.74, 6) is 0. The van der Waals surface area contributed by atoms with Crippen molar-refractivity contribution in [2.45, 2.75) is 24.9 Å². The van der Waals surface area contributed by atoms with Gasteiger partial charge in [-0.15, -0.1) is 0 Å². The van der Waals surface area contributed by atoms with Crippen LogP contribution in [0.15, 0.2) is 0 Å². The third-order valence-corrected chi connectivity index (χ3v) is 2.49. The number of hydrogen-bond acceptors (Lipinski definition) is 2. The largest absolute Gasteiger partial charge is 0.595 e. The molecule has 0 spiro atoms. The van der Waals surface area contributed by atoms with Crippen LogP contribution < -0.4 is 4.89 Å². The summed E-state index contributed by atoms with van der Waals surface area (Å²) >= 11 is 0. The molecule has 0 aliphatic heterocycles. The number of rotatable bonds is 1. The number of hydrogen-bond donors (Lipinski definition) is 0. The third kappa shape index (κ3) is 0.987. The van der Waals surface area contributed by atoms with Crippen molar-refractivity contribution >= 4 is 8.03 Å². The molecular weight excluding hydrogens is 111 g/mol. The second-order valence-corrected chi connectivity index (χ2v) is 3.17. The lowest BCUT2D eigenvalue weighted by Crippen LogP contribution is -2.16. The van der Waals surface area contributed by atoms with Crippen LogP contribution in [-0.4, -0.2) is 5.66 Å². The molecule has 0 bridgehead atoms. The summed E-state index contributed by atoms with van der Waals surface area (Å²) in [5.41, 5.74) is 0.0370. The highest BCUT2D eigenvalue weighted by atomic mass is 31.1. The normalized spacial score (nSPS) is 23.9. The molecule has 1 unspecified atom stereocenters. The van der Waals surface area contributed by atoms with Gasteiger partial charge in [0.15, 0.2) is 5.66 Å². The summed E-state index contributed by atoms with van der Waals surface area (Å²) in [5, 5.41) is 0. The minimum atomic E-state index is -2.07. The summed E-state index contributed by atoms with van der Waals surface area (Å²) < 4.78 is 10.0. The first-order chi connectivity index (χ1) is 3.30. The smallest absolute Gasteiger partial charge is 0.311 e. The maximum absolute atomic E-state index is 10.0. The molecule has 0 heterocycles. The topological polar surface area (TPSA) is 40.1 Å². The first kappa shape index (κ1) is 5.20. The van der Waals surface area contributed by atoms with Crippen LogP contribution in [0.4, 0.5) is 0 Å². The lowest BCUT2D eigenvalue weighted by molar-refractivity contribution is -0.167. The van der Waals surface area contributed by atoms with Crippen molar-refractivity contribution in [3.63, 3.8) is 0 Å². The molecule has 0 radical (unpaired) electrons. The maximum atomic E-state index is 10.0. The van der Waals surface area contributed by atoms with Crippen molar-refractivity contribution in [3.05, 3.63) is 0 Å². The average molecular weight is 118 g/mol. The zero-order valence-electron chi connectivity index (χ0n) is 3.96. The lowest BCUT2D eigenvalue weighted by Gasteiger charge is -2.15. The Hall–Kier alpha value is 0.0600. The van der Waals surface area contributed by atoms with Crippen molar-refractivity contribution in [2.75, 3.05) is 0 Å². The van der Waals surface area contributed by atoms with Crippen molar-refractivity contribution in [3.8, 4) is 0 Å². The molecule has 0 N–H and O–H groups in total. The van der Waals surface area contributed by atoms with E-state index in [1.54, 1.807) is 0 Å². The molecule has 0 aromatic heterocycles. The standard InChI is InChI=1S/C4H7O2P/c5-7(6)4-2-1-3-4/h4H,1-3H2. The van der Waals surface area contributed by atoms with Gasteiger partial charge in [0.1, 0.15) is 0 Å². The quantitative estimate of drug-likeness (QED) is 0.474. The maximum Gasteiger partial charge on any atom is 0.311 e. The molecule has 3 heteroatoms. The van der Waals surface area contributed by atoms with Crippen LogP contribution in [0.25, 0.3) is 0 Å². The first-order valence-electron chi connectivity index (χ1n) is 2.44. The molecule has 7 heavy (non-hydrogen) atoms. The second-order valence-electron chi connectivity index (χ2n) is 1.87. The van der Waals surface area contributed by atoms with E-state index >= 15 is 0 Å². The van der Waals surface area contributed by atoms with Gasteiger partial charge in [-0.25, -0.2) is 0 Å². The van der Waals surface area contributed by atoms with Crippen LogP contribution in [0.2, 0.25) is 0 Å². The zero-order chi connectivity index (χ0) is 5.28. The van der Waals surface area contributed by atoms with Crippen LogP contribution in [-0.2, 0) is 4.57 Å². The van der Waals surface area contributed by atoms with Crippen LogP contribution in [0.5, 0.6) is 0 Å². The van der Waals surface area contributed by atoms with E-state index in [0.717, 1.165) is 19.3 Å². The molecule has 1 aliphatic rings. The molecule has 1 saturated carbocycles. The fourth-order valence-electron chi connectivity index (χ4n) is 0.598. The van der Waals surface area contributed by atoms with E-state index in [9.17, 15) is 9.46 Å². The molecule has 1 fully saturated rings. The van der Waals surface area contributed by atoms with Gasteiger partial charge in [-0.2, -0.15) is 0 Å². The van der Waals surface area contributed by atoms with E-state index in [4.69, 9.17) is 0 Å². The van der Waals surface area contributed by atoms with E-state index in [1.165, 1.54) is 0 Å². The minimum Gasteiger partial charge on any atom is -0.595 e. The average Bonchev–Trinajstić information content (AvgIpc) is 1.23. The molecule has 0 amide bonds. The third-order valence-electron chi connectivity index (χ3n) is 1.37. The molecule has 0 aromatic rings. The van der Waals surface area contributed by atoms with Gasteiger partial charge >= 0.3 is 8.03 Å². The highest BCUT2D eigenvalue weighted by Crippen LogP contribution is 2.35. The molecule has 1 atom stereocenters. The van der Waals surface area contributed by atoms with Gasteiger partial charge in [0.05, 0.1) is 0 Å². The fourth-order valence-corrected chi connectivity index (χ4v) is 1.38. The predicted octanol–water partition coefficient (Wildman–Crippen LogP) is 0.642. The Labute approximate surface area is 43.4 Å². The van der Waals surface area contributed by atoms with Crippen molar-refractivity contribution in [1.29, 1.82) is 0 Å². The molecular formula is C4H7O2P. The molecule has 0 saturated heterocycles. The highest BCUT2D eigenvalue weighted by Gasteiger charge is 2.28. The van der Waals surface area contributed by atoms with Gasteiger partial charge in [0.25, 0.3) is 0 Å². The van der Waals surface area contributed by atoms with E-state index in [2.05, 4.69) is 0 Å². The Bertz CT molecular complexity index is 87.7. The summed E-state index contributed by atoms with van der Waals surface area (Å²) in [6.07, 6.45) is 2.91. The Morgan fingerprint density at radius 2 is 2.14 bits per heavy atom. The Morgan fingerprint density at radius 1 is 1.57 bits per heavy atom. The molecule has 0 aromatic carbocycles. The van der Waals surface area contributed by atoms with Gasteiger partial charge in [-0.3, -0.25) is 0 Å². The predicted molar refractivity (Wildman–Crippen MR) is 25.2 cm³/mol. The Kier molecular flexibility index (Phi) is 1.40. The zero-order valence-corrected chi connectivity index (χ0v) is 4.86. The van der Waals surface area contributed by atoms with E-state index in [-0.39, 0.29) is 5.66 Å². The van der Waals surface area contributed by atoms with Gasteiger partial charge in [-0.05, 0) is 19.3 Å². The van der Waals surface area contributed by atoms with Gasteiger partial charge < -0.3 is 4.89 Å². The minimum absolute atomic E-state index is 0.0370. The van der Waals surface area contributed by atoms with Gasteiger partial charge in [0.2, 0.25) is 0 Å². The summed E-state index contributed by atoms with van der Waals surface area (Å²) in [4.78, 5) is 10.0. The van der Waals surface area contributed by atoms with Crippen LogP contribution in [0, 0.1) is 0 Å². The van der Waals surface area contributed by atoms with E-state index in [0.29, 0.717) is 0 Å². The summed E-state index contributed by atoms with van der Waals surface area (Å²) in [7, 11) is -2.07. The van der Waals surface area contributed by atoms with Gasteiger partial charge in [0, 0.05) is 0 Å². The van der Waals surface area contributed by atoms with E-state index in [1.807, 2.05) is 0 Å². The monoisotopic (exact) mass is 118 g/mol. The Balaban J connectivity index is 2.27. The van der Waals surface area contributed by atoms with Gasteiger partial charge in [-0.1, -0.05) is 4.57 Å². The molecule has 2 nitrogen and oxygen atoms in total. The SMILES string of the molecule is O=[P+]([O-])C1CCC1. The van der Waals surface area contributed by atoms with Crippen LogP contribution in [0.1, 0.15) is 19.3 Å². The fraction of sp³-hybridized carbons (Fsp3) is 1.00. The summed E-state index contributed by atoms with van der Waals surface area (Å²) in [6, 6.07) is 0. The molecule has 1 aliphatic carbocycles. The van der Waals surface area contributed by atoms with Crippen molar-refractivity contribution in [2.24, 2.45) is 0 Å². The van der Waals surface area contributed by atoms with Crippen molar-refractivity contribution in [1.82, 2.24) is 0 Å². The van der Waals surface area contributed by atoms with Crippen LogP contribution in [0.3, 0.4) is 0 Å².